The highest BCUT2D eigenvalue weighted by Crippen LogP contribution is 2.26. The lowest BCUT2D eigenvalue weighted by Crippen LogP contribution is -2.14. The minimum Gasteiger partial charge on any atom is -0.381 e. The second-order valence-corrected chi connectivity index (χ2v) is 3.67. The van der Waals surface area contributed by atoms with Gasteiger partial charge in [0.05, 0.1) is 5.69 Å². The lowest BCUT2D eigenvalue weighted by atomic mass is 9.92. The lowest BCUT2D eigenvalue weighted by Gasteiger charge is -2.22. The maximum atomic E-state index is 5.56. The van der Waals surface area contributed by atoms with Gasteiger partial charge in [-0.25, -0.2) is 0 Å². The van der Waals surface area contributed by atoms with Crippen molar-refractivity contribution >= 4 is 0 Å². The molecule has 0 aliphatic carbocycles. The molecule has 0 aromatic carbocycles. The van der Waals surface area contributed by atoms with E-state index in [0.29, 0.717) is 12.5 Å². The van der Waals surface area contributed by atoms with E-state index in [1.165, 1.54) is 5.56 Å². The van der Waals surface area contributed by atoms with E-state index < -0.39 is 0 Å². The molecule has 0 bridgehead atoms. The SMILES string of the molecule is NCc1cc(C2CCOCC2)ccn1. The van der Waals surface area contributed by atoms with E-state index in [1.807, 2.05) is 6.20 Å². The van der Waals surface area contributed by atoms with E-state index in [2.05, 4.69) is 17.1 Å². The van der Waals surface area contributed by atoms with Gasteiger partial charge < -0.3 is 10.5 Å². The molecule has 0 radical (unpaired) electrons. The fraction of sp³-hybridized carbons (Fsp3) is 0.545. The summed E-state index contributed by atoms with van der Waals surface area (Å²) in [7, 11) is 0. The zero-order valence-corrected chi connectivity index (χ0v) is 8.28. The Balaban J connectivity index is 2.13. The second kappa shape index (κ2) is 4.53. The maximum absolute atomic E-state index is 5.56. The van der Waals surface area contributed by atoms with Gasteiger partial charge in [-0.05, 0) is 36.5 Å². The number of nitrogens with two attached hydrogens (primary N) is 1. The minimum absolute atomic E-state index is 0.525. The summed E-state index contributed by atoms with van der Waals surface area (Å²) in [5.74, 6) is 0.636. The Kier molecular flexibility index (Phi) is 3.11. The number of hydrogen-bond donors (Lipinski definition) is 1. The van der Waals surface area contributed by atoms with Crippen LogP contribution in [0.2, 0.25) is 0 Å². The van der Waals surface area contributed by atoms with Crippen LogP contribution in [0.4, 0.5) is 0 Å². The smallest absolute Gasteiger partial charge is 0.0542 e. The first-order valence-electron chi connectivity index (χ1n) is 5.13. The molecule has 1 saturated heterocycles. The molecular weight excluding hydrogens is 176 g/mol. The fourth-order valence-electron chi connectivity index (χ4n) is 1.89. The van der Waals surface area contributed by atoms with E-state index in [4.69, 9.17) is 10.5 Å². The molecule has 0 saturated carbocycles. The van der Waals surface area contributed by atoms with Crippen molar-refractivity contribution in [1.82, 2.24) is 4.98 Å². The molecule has 0 amide bonds. The molecule has 1 aliphatic heterocycles. The highest BCUT2D eigenvalue weighted by molar-refractivity contribution is 5.21. The third-order valence-corrected chi connectivity index (χ3v) is 2.74. The molecule has 0 spiro atoms. The monoisotopic (exact) mass is 192 g/mol. The van der Waals surface area contributed by atoms with E-state index in [-0.39, 0.29) is 0 Å². The lowest BCUT2D eigenvalue weighted by molar-refractivity contribution is 0.0853. The zero-order valence-electron chi connectivity index (χ0n) is 8.28. The largest absolute Gasteiger partial charge is 0.381 e. The van der Waals surface area contributed by atoms with Gasteiger partial charge in [-0.2, -0.15) is 0 Å². The van der Waals surface area contributed by atoms with Crippen LogP contribution in [0.3, 0.4) is 0 Å². The predicted molar refractivity (Wildman–Crippen MR) is 54.9 cm³/mol. The summed E-state index contributed by atoms with van der Waals surface area (Å²) >= 11 is 0. The van der Waals surface area contributed by atoms with Crippen molar-refractivity contribution in [1.29, 1.82) is 0 Å². The van der Waals surface area contributed by atoms with E-state index >= 15 is 0 Å². The molecule has 2 heterocycles. The van der Waals surface area contributed by atoms with E-state index in [9.17, 15) is 0 Å². The minimum atomic E-state index is 0.525. The quantitative estimate of drug-likeness (QED) is 0.771. The summed E-state index contributed by atoms with van der Waals surface area (Å²) < 4.78 is 5.34. The van der Waals surface area contributed by atoms with Crippen molar-refractivity contribution in [3.63, 3.8) is 0 Å². The fourth-order valence-corrected chi connectivity index (χ4v) is 1.89. The summed E-state index contributed by atoms with van der Waals surface area (Å²) in [5.41, 5.74) is 7.91. The normalized spacial score (nSPS) is 18.4. The number of aromatic nitrogens is 1. The van der Waals surface area contributed by atoms with Crippen molar-refractivity contribution in [2.24, 2.45) is 5.73 Å². The van der Waals surface area contributed by atoms with Crippen LogP contribution in [-0.4, -0.2) is 18.2 Å². The molecule has 14 heavy (non-hydrogen) atoms. The van der Waals surface area contributed by atoms with E-state index in [1.54, 1.807) is 0 Å². The van der Waals surface area contributed by atoms with Crippen molar-refractivity contribution in [3.05, 3.63) is 29.6 Å². The van der Waals surface area contributed by atoms with Crippen LogP contribution >= 0.6 is 0 Å². The molecule has 76 valence electrons. The molecule has 3 nitrogen and oxygen atoms in total. The van der Waals surface area contributed by atoms with Crippen molar-refractivity contribution in [2.75, 3.05) is 13.2 Å². The Morgan fingerprint density at radius 3 is 2.93 bits per heavy atom. The van der Waals surface area contributed by atoms with Gasteiger partial charge in [0.25, 0.3) is 0 Å². The Hall–Kier alpha value is -0.930. The summed E-state index contributed by atoms with van der Waals surface area (Å²) in [6.45, 7) is 2.28. The number of ether oxygens (including phenoxy) is 1. The zero-order chi connectivity index (χ0) is 9.80. The van der Waals surface area contributed by atoms with Gasteiger partial charge in [0.1, 0.15) is 0 Å². The number of nitrogens with zero attached hydrogens (tertiary/aromatic N) is 1. The third-order valence-electron chi connectivity index (χ3n) is 2.74. The van der Waals surface area contributed by atoms with Gasteiger partial charge in [-0.1, -0.05) is 0 Å². The van der Waals surface area contributed by atoms with Crippen LogP contribution in [0.1, 0.15) is 30.0 Å². The molecule has 0 unspecified atom stereocenters. The van der Waals surface area contributed by atoms with Crippen LogP contribution in [-0.2, 0) is 11.3 Å². The van der Waals surface area contributed by atoms with Gasteiger partial charge in [0.2, 0.25) is 0 Å². The standard InChI is InChI=1S/C11H16N2O/c12-8-11-7-10(1-4-13-11)9-2-5-14-6-3-9/h1,4,7,9H,2-3,5-6,8,12H2. The van der Waals surface area contributed by atoms with Gasteiger partial charge in [-0.3, -0.25) is 4.98 Å². The van der Waals surface area contributed by atoms with Crippen LogP contribution in [0.15, 0.2) is 18.3 Å². The molecule has 2 N–H and O–H groups in total. The van der Waals surface area contributed by atoms with Crippen LogP contribution in [0.25, 0.3) is 0 Å². The van der Waals surface area contributed by atoms with Gasteiger partial charge in [-0.15, -0.1) is 0 Å². The summed E-state index contributed by atoms with van der Waals surface area (Å²) in [4.78, 5) is 4.20. The maximum Gasteiger partial charge on any atom is 0.0542 e. The Labute approximate surface area is 84.3 Å². The Morgan fingerprint density at radius 2 is 2.21 bits per heavy atom. The first-order valence-corrected chi connectivity index (χ1v) is 5.13. The molecule has 2 rings (SSSR count). The van der Waals surface area contributed by atoms with E-state index in [0.717, 1.165) is 31.7 Å². The topological polar surface area (TPSA) is 48.1 Å². The molecular formula is C11H16N2O. The molecule has 1 fully saturated rings. The summed E-state index contributed by atoms with van der Waals surface area (Å²) in [6.07, 6.45) is 4.09. The highest BCUT2D eigenvalue weighted by Gasteiger charge is 2.15. The molecule has 1 aromatic rings. The first-order chi connectivity index (χ1) is 6.90. The third kappa shape index (κ3) is 2.11. The average molecular weight is 192 g/mol. The number of rotatable bonds is 2. The van der Waals surface area contributed by atoms with Crippen molar-refractivity contribution in [2.45, 2.75) is 25.3 Å². The van der Waals surface area contributed by atoms with Gasteiger partial charge >= 0.3 is 0 Å². The molecule has 1 aromatic heterocycles. The van der Waals surface area contributed by atoms with Crippen molar-refractivity contribution < 1.29 is 4.74 Å². The van der Waals surface area contributed by atoms with Gasteiger partial charge in [0.15, 0.2) is 0 Å². The second-order valence-electron chi connectivity index (χ2n) is 3.67. The number of pyridine rings is 1. The highest BCUT2D eigenvalue weighted by atomic mass is 16.5. The first kappa shape index (κ1) is 9.62. The Bertz CT molecular complexity index is 295. The van der Waals surface area contributed by atoms with Crippen molar-refractivity contribution in [3.8, 4) is 0 Å². The molecule has 3 heteroatoms. The average Bonchev–Trinajstić information content (AvgIpc) is 2.30. The molecule has 0 atom stereocenters. The van der Waals surface area contributed by atoms with Crippen LogP contribution in [0, 0.1) is 0 Å². The Morgan fingerprint density at radius 1 is 1.43 bits per heavy atom. The molecule has 1 aliphatic rings. The summed E-state index contributed by atoms with van der Waals surface area (Å²) in [5, 5.41) is 0. The van der Waals surface area contributed by atoms with Gasteiger partial charge in [0, 0.05) is 26.0 Å². The van der Waals surface area contributed by atoms with Crippen LogP contribution < -0.4 is 5.73 Å². The number of hydrogen-bond acceptors (Lipinski definition) is 3. The van der Waals surface area contributed by atoms with Crippen LogP contribution in [0.5, 0.6) is 0 Å². The predicted octanol–water partition coefficient (Wildman–Crippen LogP) is 1.43. The summed E-state index contributed by atoms with van der Waals surface area (Å²) in [6, 6.07) is 4.21.